The van der Waals surface area contributed by atoms with E-state index in [1.54, 1.807) is 43.5 Å². The first-order valence-corrected chi connectivity index (χ1v) is 9.23. The molecular formula is C24H18O6. The molecule has 0 saturated carbocycles. The quantitative estimate of drug-likeness (QED) is 0.350. The molecule has 3 aromatic carbocycles. The number of esters is 1. The zero-order valence-electron chi connectivity index (χ0n) is 16.2. The van der Waals surface area contributed by atoms with Crippen LogP contribution in [-0.2, 0) is 4.79 Å². The fraction of sp³-hybridized carbons (Fsp3) is 0.0833. The molecule has 0 aliphatic heterocycles. The van der Waals surface area contributed by atoms with Crippen molar-refractivity contribution >= 4 is 16.9 Å². The van der Waals surface area contributed by atoms with Crippen LogP contribution in [0.25, 0.3) is 22.3 Å². The van der Waals surface area contributed by atoms with Gasteiger partial charge in [0.1, 0.15) is 28.6 Å². The lowest BCUT2D eigenvalue weighted by Gasteiger charge is -2.08. The van der Waals surface area contributed by atoms with Crippen molar-refractivity contribution in [2.45, 2.75) is 0 Å². The average Bonchev–Trinajstić information content (AvgIpc) is 2.79. The van der Waals surface area contributed by atoms with Crippen LogP contribution in [0.2, 0.25) is 0 Å². The fourth-order valence-corrected chi connectivity index (χ4v) is 2.92. The SMILES string of the molecule is COc1ccc(-c2cc(=O)c3cc(OC(=O)COc4ccccc4)ccc3o2)cc1. The minimum atomic E-state index is -0.572. The third-order valence-corrected chi connectivity index (χ3v) is 4.40. The van der Waals surface area contributed by atoms with Crippen molar-refractivity contribution in [3.63, 3.8) is 0 Å². The molecule has 0 spiro atoms. The number of para-hydroxylation sites is 1. The molecule has 1 heterocycles. The van der Waals surface area contributed by atoms with E-state index in [2.05, 4.69) is 0 Å². The Bertz CT molecular complexity index is 1230. The van der Waals surface area contributed by atoms with Crippen molar-refractivity contribution in [1.82, 2.24) is 0 Å². The topological polar surface area (TPSA) is 75.0 Å². The van der Waals surface area contributed by atoms with E-state index in [9.17, 15) is 9.59 Å². The molecule has 4 aromatic rings. The molecule has 0 radical (unpaired) electrons. The first-order valence-electron chi connectivity index (χ1n) is 9.23. The number of fused-ring (bicyclic) bond motifs is 1. The Balaban J connectivity index is 1.51. The van der Waals surface area contributed by atoms with Gasteiger partial charge in [-0.2, -0.15) is 0 Å². The summed E-state index contributed by atoms with van der Waals surface area (Å²) in [5, 5.41) is 0.321. The maximum absolute atomic E-state index is 12.6. The molecule has 0 bridgehead atoms. The zero-order valence-corrected chi connectivity index (χ0v) is 16.2. The summed E-state index contributed by atoms with van der Waals surface area (Å²) >= 11 is 0. The van der Waals surface area contributed by atoms with E-state index in [0.717, 1.165) is 5.56 Å². The molecule has 150 valence electrons. The predicted molar refractivity (Wildman–Crippen MR) is 112 cm³/mol. The Kier molecular flexibility index (Phi) is 5.48. The molecule has 1 aromatic heterocycles. The summed E-state index contributed by atoms with van der Waals surface area (Å²) in [6.45, 7) is -0.243. The van der Waals surface area contributed by atoms with Gasteiger partial charge in [-0.15, -0.1) is 0 Å². The van der Waals surface area contributed by atoms with Crippen LogP contribution in [-0.4, -0.2) is 19.7 Å². The second-order valence-corrected chi connectivity index (χ2v) is 6.44. The number of carbonyl (C=O) groups excluding carboxylic acids is 1. The average molecular weight is 402 g/mol. The minimum Gasteiger partial charge on any atom is -0.497 e. The van der Waals surface area contributed by atoms with E-state index in [1.165, 1.54) is 12.1 Å². The van der Waals surface area contributed by atoms with Gasteiger partial charge in [-0.3, -0.25) is 4.79 Å². The highest BCUT2D eigenvalue weighted by atomic mass is 16.6. The van der Waals surface area contributed by atoms with Crippen LogP contribution in [0.4, 0.5) is 0 Å². The highest BCUT2D eigenvalue weighted by molar-refractivity contribution is 5.82. The van der Waals surface area contributed by atoms with Crippen molar-refractivity contribution in [3.05, 3.63) is 89.1 Å². The lowest BCUT2D eigenvalue weighted by molar-refractivity contribution is -0.136. The number of rotatable bonds is 6. The van der Waals surface area contributed by atoms with Gasteiger partial charge < -0.3 is 18.6 Å². The van der Waals surface area contributed by atoms with E-state index < -0.39 is 5.97 Å². The van der Waals surface area contributed by atoms with Gasteiger partial charge in [0, 0.05) is 11.6 Å². The summed E-state index contributed by atoms with van der Waals surface area (Å²) in [7, 11) is 1.59. The molecule has 0 saturated heterocycles. The largest absolute Gasteiger partial charge is 0.497 e. The highest BCUT2D eigenvalue weighted by Gasteiger charge is 2.11. The molecule has 6 nitrogen and oxygen atoms in total. The molecule has 0 unspecified atom stereocenters. The number of ether oxygens (including phenoxy) is 3. The third kappa shape index (κ3) is 4.33. The van der Waals surface area contributed by atoms with Gasteiger partial charge in [0.2, 0.25) is 0 Å². The van der Waals surface area contributed by atoms with Crippen molar-refractivity contribution in [1.29, 1.82) is 0 Å². The molecule has 0 aliphatic rings. The van der Waals surface area contributed by atoms with Gasteiger partial charge in [-0.05, 0) is 54.6 Å². The van der Waals surface area contributed by atoms with Gasteiger partial charge in [0.25, 0.3) is 0 Å². The van der Waals surface area contributed by atoms with Gasteiger partial charge in [-0.25, -0.2) is 4.79 Å². The van der Waals surface area contributed by atoms with Crippen molar-refractivity contribution in [2.24, 2.45) is 0 Å². The van der Waals surface area contributed by atoms with Crippen LogP contribution in [0.15, 0.2) is 88.1 Å². The highest BCUT2D eigenvalue weighted by Crippen LogP contribution is 2.26. The molecule has 0 amide bonds. The Morgan fingerprint density at radius 3 is 2.33 bits per heavy atom. The Hall–Kier alpha value is -4.06. The summed E-state index contributed by atoms with van der Waals surface area (Å²) in [6, 6.07) is 22.2. The lowest BCUT2D eigenvalue weighted by atomic mass is 10.1. The standard InChI is InChI=1S/C24H18O6/c1-27-17-9-7-16(8-10-17)23-14-21(25)20-13-19(11-12-22(20)30-23)29-24(26)15-28-18-5-3-2-4-6-18/h2-14H,15H2,1H3. The van der Waals surface area contributed by atoms with E-state index in [1.807, 2.05) is 30.3 Å². The number of carbonyl (C=O) groups is 1. The Labute approximate surface area is 172 Å². The summed E-state index contributed by atoms with van der Waals surface area (Å²) in [5.41, 5.74) is 0.914. The first-order chi connectivity index (χ1) is 14.6. The normalized spacial score (nSPS) is 10.6. The van der Waals surface area contributed by atoms with E-state index in [-0.39, 0.29) is 17.8 Å². The monoisotopic (exact) mass is 402 g/mol. The van der Waals surface area contributed by atoms with Gasteiger partial charge >= 0.3 is 5.97 Å². The predicted octanol–water partition coefficient (Wildman–Crippen LogP) is 4.45. The maximum atomic E-state index is 12.6. The smallest absolute Gasteiger partial charge is 0.349 e. The minimum absolute atomic E-state index is 0.236. The van der Waals surface area contributed by atoms with Crippen molar-refractivity contribution in [3.8, 4) is 28.6 Å². The van der Waals surface area contributed by atoms with Crippen molar-refractivity contribution < 1.29 is 23.4 Å². The molecule has 6 heteroatoms. The number of methoxy groups -OCH3 is 1. The van der Waals surface area contributed by atoms with Crippen LogP contribution in [0.3, 0.4) is 0 Å². The van der Waals surface area contributed by atoms with Gasteiger partial charge in [0.15, 0.2) is 12.0 Å². The molecule has 4 rings (SSSR count). The second-order valence-electron chi connectivity index (χ2n) is 6.44. The zero-order chi connectivity index (χ0) is 20.9. The molecule has 0 N–H and O–H groups in total. The number of hydrogen-bond donors (Lipinski definition) is 0. The molecule has 30 heavy (non-hydrogen) atoms. The Morgan fingerprint density at radius 2 is 1.60 bits per heavy atom. The van der Waals surface area contributed by atoms with Crippen molar-refractivity contribution in [2.75, 3.05) is 13.7 Å². The molecular weight excluding hydrogens is 384 g/mol. The second kappa shape index (κ2) is 8.53. The Morgan fingerprint density at radius 1 is 0.867 bits per heavy atom. The van der Waals surface area contributed by atoms with Crippen LogP contribution >= 0.6 is 0 Å². The van der Waals surface area contributed by atoms with Gasteiger partial charge in [0.05, 0.1) is 12.5 Å². The molecule has 0 aliphatic carbocycles. The fourth-order valence-electron chi connectivity index (χ4n) is 2.92. The first kappa shape index (κ1) is 19.3. The molecule has 0 atom stereocenters. The lowest BCUT2D eigenvalue weighted by Crippen LogP contribution is -2.17. The van der Waals surface area contributed by atoms with Crippen LogP contribution in [0.1, 0.15) is 0 Å². The third-order valence-electron chi connectivity index (χ3n) is 4.40. The summed E-state index contributed by atoms with van der Waals surface area (Å²) < 4.78 is 21.7. The van der Waals surface area contributed by atoms with Crippen LogP contribution in [0.5, 0.6) is 17.2 Å². The summed E-state index contributed by atoms with van der Waals surface area (Å²) in [6.07, 6.45) is 0. The van der Waals surface area contributed by atoms with E-state index in [4.69, 9.17) is 18.6 Å². The summed E-state index contributed by atoms with van der Waals surface area (Å²) in [4.78, 5) is 24.6. The maximum Gasteiger partial charge on any atom is 0.349 e. The van der Waals surface area contributed by atoms with Crippen LogP contribution < -0.4 is 19.6 Å². The van der Waals surface area contributed by atoms with E-state index in [0.29, 0.717) is 28.2 Å². The van der Waals surface area contributed by atoms with Crippen LogP contribution in [0, 0.1) is 0 Å². The number of hydrogen-bond acceptors (Lipinski definition) is 6. The molecule has 0 fully saturated rings. The van der Waals surface area contributed by atoms with E-state index >= 15 is 0 Å². The van der Waals surface area contributed by atoms with Gasteiger partial charge in [-0.1, -0.05) is 18.2 Å². The summed E-state index contributed by atoms with van der Waals surface area (Å²) in [5.74, 6) is 1.39. The number of benzene rings is 3.